The fourth-order valence-corrected chi connectivity index (χ4v) is 2.57. The average molecular weight is 313 g/mol. The molecule has 23 heavy (non-hydrogen) atoms. The number of benzene rings is 2. The molecule has 0 unspecified atom stereocenters. The molecule has 2 aromatic rings. The Bertz CT molecular complexity index is 619. The van der Waals surface area contributed by atoms with Gasteiger partial charge in [-0.1, -0.05) is 37.3 Å². The van der Waals surface area contributed by atoms with Gasteiger partial charge in [0.15, 0.2) is 0 Å². The summed E-state index contributed by atoms with van der Waals surface area (Å²) in [5.41, 5.74) is 1.13. The first-order valence-corrected chi connectivity index (χ1v) is 7.68. The maximum atomic E-state index is 12.3. The van der Waals surface area contributed by atoms with Crippen LogP contribution in [0.5, 0.6) is 5.75 Å². The fraction of sp³-hybridized carbons (Fsp3) is 0.316. The molecule has 0 radical (unpaired) electrons. The molecular weight excluding hydrogens is 290 g/mol. The van der Waals surface area contributed by atoms with E-state index in [4.69, 9.17) is 9.47 Å². The van der Waals surface area contributed by atoms with E-state index in [-0.39, 0.29) is 5.91 Å². The van der Waals surface area contributed by atoms with E-state index >= 15 is 0 Å². The molecule has 122 valence electrons. The Morgan fingerprint density at radius 1 is 1.04 bits per heavy atom. The molecule has 0 fully saturated rings. The highest BCUT2D eigenvalue weighted by atomic mass is 16.5. The summed E-state index contributed by atoms with van der Waals surface area (Å²) in [5, 5.41) is 2.97. The Morgan fingerprint density at radius 3 is 2.22 bits per heavy atom. The minimum Gasteiger partial charge on any atom is -0.497 e. The Labute approximate surface area is 137 Å². The molecule has 0 aliphatic rings. The summed E-state index contributed by atoms with van der Waals surface area (Å²) in [7, 11) is 3.28. The molecule has 1 atom stereocenters. The Morgan fingerprint density at radius 2 is 1.70 bits per heavy atom. The topological polar surface area (TPSA) is 47.6 Å². The number of amides is 1. The normalized spacial score (nSPS) is 13.2. The van der Waals surface area contributed by atoms with Crippen LogP contribution in [0.3, 0.4) is 0 Å². The van der Waals surface area contributed by atoms with Crippen LogP contribution in [0.15, 0.2) is 54.6 Å². The molecule has 0 aliphatic carbocycles. The molecule has 1 N–H and O–H groups in total. The second-order valence-electron chi connectivity index (χ2n) is 5.33. The van der Waals surface area contributed by atoms with Crippen LogP contribution >= 0.6 is 0 Å². The summed E-state index contributed by atoms with van der Waals surface area (Å²) in [6.45, 7) is 2.46. The Kier molecular flexibility index (Phi) is 5.77. The number of carbonyl (C=O) groups excluding carboxylic acids is 1. The predicted molar refractivity (Wildman–Crippen MR) is 90.7 cm³/mol. The van der Waals surface area contributed by atoms with E-state index in [2.05, 4.69) is 12.2 Å². The van der Waals surface area contributed by atoms with Gasteiger partial charge in [0.05, 0.1) is 13.7 Å². The summed E-state index contributed by atoms with van der Waals surface area (Å²) in [5.74, 6) is 0.601. The number of methoxy groups -OCH3 is 2. The highest BCUT2D eigenvalue weighted by Gasteiger charge is 2.30. The Hall–Kier alpha value is -2.33. The number of carbonyl (C=O) groups is 1. The lowest BCUT2D eigenvalue weighted by Crippen LogP contribution is -2.41. The van der Waals surface area contributed by atoms with Gasteiger partial charge in [0.25, 0.3) is 5.91 Å². The van der Waals surface area contributed by atoms with E-state index in [0.717, 1.165) is 17.7 Å². The monoisotopic (exact) mass is 313 g/mol. The quantitative estimate of drug-likeness (QED) is 0.852. The summed E-state index contributed by atoms with van der Waals surface area (Å²) in [4.78, 5) is 12.3. The maximum absolute atomic E-state index is 12.3. The van der Waals surface area contributed by atoms with Crippen molar-refractivity contribution in [1.82, 2.24) is 5.32 Å². The predicted octanol–water partition coefficient (Wildman–Crippen LogP) is 3.38. The fourth-order valence-electron chi connectivity index (χ4n) is 2.57. The molecular formula is C19H23NO3. The third kappa shape index (κ3) is 3.90. The molecule has 4 heteroatoms. The first-order valence-electron chi connectivity index (χ1n) is 7.68. The van der Waals surface area contributed by atoms with Crippen molar-refractivity contribution in [3.05, 3.63) is 65.7 Å². The van der Waals surface area contributed by atoms with Gasteiger partial charge in [-0.2, -0.15) is 0 Å². The van der Waals surface area contributed by atoms with Crippen LogP contribution in [0.25, 0.3) is 0 Å². The summed E-state index contributed by atoms with van der Waals surface area (Å²) >= 11 is 0. The van der Waals surface area contributed by atoms with Crippen molar-refractivity contribution < 1.29 is 14.3 Å². The van der Waals surface area contributed by atoms with Crippen LogP contribution in [0.1, 0.15) is 29.3 Å². The van der Waals surface area contributed by atoms with E-state index in [0.29, 0.717) is 12.1 Å². The standard InChI is InChI=1S/C19H23NO3/c1-4-19(23-3,16-8-6-5-7-9-16)14-20-18(21)15-10-12-17(22-2)13-11-15/h5-13H,4,14H2,1-3H3,(H,20,21)/t19-/m0/s1. The van der Waals surface area contributed by atoms with Gasteiger partial charge < -0.3 is 14.8 Å². The molecule has 0 heterocycles. The van der Waals surface area contributed by atoms with Gasteiger partial charge in [0.1, 0.15) is 11.4 Å². The Balaban J connectivity index is 2.10. The third-order valence-electron chi connectivity index (χ3n) is 4.15. The molecule has 1 amide bonds. The molecule has 2 rings (SSSR count). The zero-order valence-corrected chi connectivity index (χ0v) is 13.8. The zero-order chi connectivity index (χ0) is 16.7. The highest BCUT2D eigenvalue weighted by Crippen LogP contribution is 2.28. The first-order chi connectivity index (χ1) is 11.1. The zero-order valence-electron chi connectivity index (χ0n) is 13.8. The smallest absolute Gasteiger partial charge is 0.251 e. The maximum Gasteiger partial charge on any atom is 0.251 e. The van der Waals surface area contributed by atoms with Gasteiger partial charge in [-0.3, -0.25) is 4.79 Å². The number of ether oxygens (including phenoxy) is 2. The van der Waals surface area contributed by atoms with Crippen molar-refractivity contribution in [2.24, 2.45) is 0 Å². The number of rotatable bonds is 7. The molecule has 2 aromatic carbocycles. The van der Waals surface area contributed by atoms with E-state index in [1.54, 1.807) is 38.5 Å². The van der Waals surface area contributed by atoms with Crippen molar-refractivity contribution in [1.29, 1.82) is 0 Å². The SMILES string of the molecule is CC[C@@](CNC(=O)c1ccc(OC)cc1)(OC)c1ccccc1. The molecule has 0 spiro atoms. The van der Waals surface area contributed by atoms with E-state index in [1.807, 2.05) is 30.3 Å². The van der Waals surface area contributed by atoms with Crippen molar-refractivity contribution in [3.63, 3.8) is 0 Å². The largest absolute Gasteiger partial charge is 0.497 e. The van der Waals surface area contributed by atoms with Gasteiger partial charge in [0.2, 0.25) is 0 Å². The van der Waals surface area contributed by atoms with E-state index in [1.165, 1.54) is 0 Å². The second-order valence-corrected chi connectivity index (χ2v) is 5.33. The van der Waals surface area contributed by atoms with Crippen LogP contribution in [-0.2, 0) is 10.3 Å². The van der Waals surface area contributed by atoms with Gasteiger partial charge >= 0.3 is 0 Å². The molecule has 0 saturated carbocycles. The second kappa shape index (κ2) is 7.79. The van der Waals surface area contributed by atoms with Crippen molar-refractivity contribution in [2.45, 2.75) is 18.9 Å². The van der Waals surface area contributed by atoms with E-state index in [9.17, 15) is 4.79 Å². The lowest BCUT2D eigenvalue weighted by Gasteiger charge is -2.32. The van der Waals surface area contributed by atoms with Crippen LogP contribution < -0.4 is 10.1 Å². The third-order valence-corrected chi connectivity index (χ3v) is 4.15. The highest BCUT2D eigenvalue weighted by molar-refractivity contribution is 5.94. The molecule has 0 bridgehead atoms. The number of hydrogen-bond donors (Lipinski definition) is 1. The molecule has 4 nitrogen and oxygen atoms in total. The van der Waals surface area contributed by atoms with Crippen molar-refractivity contribution in [3.8, 4) is 5.75 Å². The lowest BCUT2D eigenvalue weighted by molar-refractivity contribution is -0.0164. The van der Waals surface area contributed by atoms with Gasteiger partial charge in [-0.15, -0.1) is 0 Å². The minimum absolute atomic E-state index is 0.126. The van der Waals surface area contributed by atoms with E-state index < -0.39 is 5.60 Å². The summed E-state index contributed by atoms with van der Waals surface area (Å²) in [6.07, 6.45) is 0.760. The van der Waals surface area contributed by atoms with Crippen LogP contribution in [0.2, 0.25) is 0 Å². The molecule has 0 saturated heterocycles. The molecule has 0 aromatic heterocycles. The van der Waals surface area contributed by atoms with Crippen molar-refractivity contribution in [2.75, 3.05) is 20.8 Å². The van der Waals surface area contributed by atoms with Crippen LogP contribution in [0, 0.1) is 0 Å². The number of hydrogen-bond acceptors (Lipinski definition) is 3. The van der Waals surface area contributed by atoms with Gasteiger partial charge in [-0.05, 0) is 36.2 Å². The molecule has 0 aliphatic heterocycles. The summed E-state index contributed by atoms with van der Waals surface area (Å²) in [6, 6.07) is 17.0. The van der Waals surface area contributed by atoms with Crippen LogP contribution in [-0.4, -0.2) is 26.7 Å². The number of nitrogens with one attached hydrogen (secondary N) is 1. The lowest BCUT2D eigenvalue weighted by atomic mass is 9.90. The first kappa shape index (κ1) is 17.0. The van der Waals surface area contributed by atoms with Crippen LogP contribution in [0.4, 0.5) is 0 Å². The average Bonchev–Trinajstić information content (AvgIpc) is 2.63. The van der Waals surface area contributed by atoms with Gasteiger partial charge in [0, 0.05) is 12.7 Å². The van der Waals surface area contributed by atoms with Gasteiger partial charge in [-0.25, -0.2) is 0 Å². The summed E-state index contributed by atoms with van der Waals surface area (Å²) < 4.78 is 10.9. The van der Waals surface area contributed by atoms with Crippen molar-refractivity contribution >= 4 is 5.91 Å². The minimum atomic E-state index is -0.524.